The summed E-state index contributed by atoms with van der Waals surface area (Å²) >= 11 is 2.56. The highest BCUT2D eigenvalue weighted by molar-refractivity contribution is 14.1. The minimum atomic E-state index is -4.15. The van der Waals surface area contributed by atoms with Gasteiger partial charge in [-0.05, 0) is 63.1 Å². The molecule has 3 aliphatic rings. The number of aryl methyl sites for hydroxylation is 1. The van der Waals surface area contributed by atoms with Gasteiger partial charge in [-0.2, -0.15) is 13.2 Å². The molecule has 2 saturated carbocycles. The number of imidazole rings is 1. The molecule has 0 atom stereocenters. The Balaban J connectivity index is 1.32. The quantitative estimate of drug-likeness (QED) is 0.216. The molecule has 2 aromatic rings. The van der Waals surface area contributed by atoms with E-state index in [1.807, 2.05) is 0 Å². The third kappa shape index (κ3) is 8.16. The average Bonchev–Trinajstić information content (AvgIpc) is 3.31. The van der Waals surface area contributed by atoms with E-state index in [1.54, 1.807) is 0 Å². The maximum Gasteiger partial charge on any atom is 0.401 e. The number of halogens is 4. The molecule has 0 spiro atoms. The van der Waals surface area contributed by atoms with Crippen LogP contribution in [0.15, 0.2) is 18.2 Å². The normalized spacial score (nSPS) is 23.7. The monoisotopic (exact) mass is 687 g/mol. The largest absolute Gasteiger partial charge is 0.401 e. The number of carbonyl (C=O) groups excluding carboxylic acids is 1. The Hall–Kier alpha value is -1.40. The maximum atomic E-state index is 13.5. The first-order valence-electron chi connectivity index (χ1n) is 15.6. The SMILES string of the molecule is CCN(C(=O)CCn1c(C2CCC(I)CC2)nc2ccc(CN3CCN(CC(F)(F)F)CC3)cc21)C1CCCCC1. The van der Waals surface area contributed by atoms with Gasteiger partial charge in [0.25, 0.3) is 0 Å². The van der Waals surface area contributed by atoms with Crippen molar-refractivity contribution in [2.45, 2.75) is 106 Å². The first kappa shape index (κ1) is 31.0. The Labute approximate surface area is 256 Å². The Morgan fingerprint density at radius 2 is 1.68 bits per heavy atom. The van der Waals surface area contributed by atoms with Crippen molar-refractivity contribution in [2.75, 3.05) is 39.3 Å². The van der Waals surface area contributed by atoms with Gasteiger partial charge < -0.3 is 9.47 Å². The van der Waals surface area contributed by atoms with E-state index in [-0.39, 0.29) is 5.91 Å². The van der Waals surface area contributed by atoms with Crippen LogP contribution in [-0.4, -0.2) is 85.6 Å². The predicted molar refractivity (Wildman–Crippen MR) is 165 cm³/mol. The lowest BCUT2D eigenvalue weighted by Crippen LogP contribution is -2.48. The number of hydrogen-bond acceptors (Lipinski definition) is 4. The molecule has 41 heavy (non-hydrogen) atoms. The van der Waals surface area contributed by atoms with Gasteiger partial charge in [-0.3, -0.25) is 14.6 Å². The molecule has 0 N–H and O–H groups in total. The predicted octanol–water partition coefficient (Wildman–Crippen LogP) is 6.75. The minimum Gasteiger partial charge on any atom is -0.340 e. The second kappa shape index (κ2) is 13.9. The molecule has 1 aliphatic heterocycles. The molecule has 0 radical (unpaired) electrons. The number of amides is 1. The molecule has 6 nitrogen and oxygen atoms in total. The zero-order valence-corrected chi connectivity index (χ0v) is 26.5. The highest BCUT2D eigenvalue weighted by Crippen LogP contribution is 2.37. The van der Waals surface area contributed by atoms with Crippen LogP contribution >= 0.6 is 22.6 Å². The number of alkyl halides is 4. The Morgan fingerprint density at radius 3 is 2.34 bits per heavy atom. The summed E-state index contributed by atoms with van der Waals surface area (Å²) < 4.78 is 41.5. The molecular weight excluding hydrogens is 642 g/mol. The minimum absolute atomic E-state index is 0.246. The van der Waals surface area contributed by atoms with Crippen molar-refractivity contribution in [1.29, 1.82) is 0 Å². The summed E-state index contributed by atoms with van der Waals surface area (Å²) in [6.07, 6.45) is 6.92. The summed E-state index contributed by atoms with van der Waals surface area (Å²) in [6, 6.07) is 6.79. The zero-order valence-electron chi connectivity index (χ0n) is 24.3. The van der Waals surface area contributed by atoms with Crippen molar-refractivity contribution in [3.05, 3.63) is 29.6 Å². The lowest BCUT2D eigenvalue weighted by molar-refractivity contribution is -0.149. The van der Waals surface area contributed by atoms with Crippen molar-refractivity contribution in [3.8, 4) is 0 Å². The smallest absolute Gasteiger partial charge is 0.340 e. The molecule has 10 heteroatoms. The van der Waals surface area contributed by atoms with Crippen LogP contribution in [0, 0.1) is 0 Å². The molecule has 1 aromatic heterocycles. The van der Waals surface area contributed by atoms with Crippen molar-refractivity contribution >= 4 is 39.5 Å². The van der Waals surface area contributed by atoms with Crippen LogP contribution in [0.3, 0.4) is 0 Å². The number of aromatic nitrogens is 2. The number of benzene rings is 1. The van der Waals surface area contributed by atoms with E-state index in [1.165, 1.54) is 37.0 Å². The summed E-state index contributed by atoms with van der Waals surface area (Å²) in [6.45, 7) is 5.49. The number of nitrogens with zero attached hydrogens (tertiary/aromatic N) is 5. The van der Waals surface area contributed by atoms with Crippen molar-refractivity contribution in [1.82, 2.24) is 24.3 Å². The summed E-state index contributed by atoms with van der Waals surface area (Å²) in [7, 11) is 0. The van der Waals surface area contributed by atoms with Crippen LogP contribution in [0.4, 0.5) is 13.2 Å². The second-order valence-corrected chi connectivity index (χ2v) is 14.0. The molecule has 0 bridgehead atoms. The molecule has 5 rings (SSSR count). The number of rotatable bonds is 9. The van der Waals surface area contributed by atoms with E-state index in [0.717, 1.165) is 58.6 Å². The summed E-state index contributed by atoms with van der Waals surface area (Å²) in [5.74, 6) is 1.78. The standard InChI is InChI=1S/C31H45F3IN5O/c1-2-39(26-6-4-3-5-7-26)29(41)14-15-40-28-20-23(21-37-16-18-38(19-17-37)22-31(32,33)34)8-13-27(28)36-30(40)24-9-11-25(35)12-10-24/h8,13,20,24-26H,2-7,9-12,14-19,21-22H2,1H3. The fraction of sp³-hybridized carbons (Fsp3) is 0.742. The lowest BCUT2D eigenvalue weighted by atomic mass is 9.88. The molecule has 0 unspecified atom stereocenters. The van der Waals surface area contributed by atoms with E-state index in [2.05, 4.69) is 62.1 Å². The molecule has 2 aliphatic carbocycles. The number of carbonyl (C=O) groups is 1. The molecule has 1 amide bonds. The van der Waals surface area contributed by atoms with Crippen LogP contribution in [0.5, 0.6) is 0 Å². The van der Waals surface area contributed by atoms with Crippen LogP contribution in [-0.2, 0) is 17.9 Å². The lowest BCUT2D eigenvalue weighted by Gasteiger charge is -2.35. The molecule has 228 valence electrons. The van der Waals surface area contributed by atoms with Gasteiger partial charge in [-0.15, -0.1) is 0 Å². The van der Waals surface area contributed by atoms with Crippen LogP contribution in [0.2, 0.25) is 0 Å². The highest BCUT2D eigenvalue weighted by Gasteiger charge is 2.32. The molecule has 2 heterocycles. The van der Waals surface area contributed by atoms with E-state index < -0.39 is 12.7 Å². The van der Waals surface area contributed by atoms with Gasteiger partial charge in [0.1, 0.15) is 5.82 Å². The van der Waals surface area contributed by atoms with Gasteiger partial charge in [0, 0.05) is 68.1 Å². The summed E-state index contributed by atoms with van der Waals surface area (Å²) in [4.78, 5) is 24.5. The third-order valence-corrected chi connectivity index (χ3v) is 10.6. The van der Waals surface area contributed by atoms with Gasteiger partial charge in [0.2, 0.25) is 5.91 Å². The van der Waals surface area contributed by atoms with Gasteiger partial charge >= 0.3 is 6.18 Å². The summed E-state index contributed by atoms with van der Waals surface area (Å²) in [5, 5.41) is 0. The molecular formula is C31H45F3IN5O. The Bertz CT molecular complexity index is 1150. The first-order valence-corrected chi connectivity index (χ1v) is 16.9. The number of fused-ring (bicyclic) bond motifs is 1. The highest BCUT2D eigenvalue weighted by atomic mass is 127. The van der Waals surface area contributed by atoms with Crippen molar-refractivity contribution in [2.24, 2.45) is 0 Å². The maximum absolute atomic E-state index is 13.5. The van der Waals surface area contributed by atoms with Crippen molar-refractivity contribution in [3.63, 3.8) is 0 Å². The number of hydrogen-bond donors (Lipinski definition) is 0. The van der Waals surface area contributed by atoms with Crippen LogP contribution < -0.4 is 0 Å². The Morgan fingerprint density at radius 1 is 1.00 bits per heavy atom. The van der Waals surface area contributed by atoms with Gasteiger partial charge in [-0.25, -0.2) is 4.98 Å². The van der Waals surface area contributed by atoms with Crippen LogP contribution in [0.25, 0.3) is 11.0 Å². The van der Waals surface area contributed by atoms with E-state index in [9.17, 15) is 18.0 Å². The van der Waals surface area contributed by atoms with E-state index >= 15 is 0 Å². The van der Waals surface area contributed by atoms with Crippen LogP contribution in [0.1, 0.15) is 88.4 Å². The fourth-order valence-electron chi connectivity index (χ4n) is 7.14. The molecule has 1 saturated heterocycles. The number of piperazine rings is 1. The van der Waals surface area contributed by atoms with Gasteiger partial charge in [0.15, 0.2) is 0 Å². The van der Waals surface area contributed by atoms with Gasteiger partial charge in [0.05, 0.1) is 17.6 Å². The summed E-state index contributed by atoms with van der Waals surface area (Å²) in [5.41, 5.74) is 3.20. The molecule has 1 aromatic carbocycles. The average molecular weight is 688 g/mol. The third-order valence-electron chi connectivity index (χ3n) is 9.36. The van der Waals surface area contributed by atoms with Gasteiger partial charge in [-0.1, -0.05) is 47.9 Å². The first-order chi connectivity index (χ1) is 19.7. The zero-order chi connectivity index (χ0) is 29.0. The molecule has 3 fully saturated rings. The van der Waals surface area contributed by atoms with E-state index in [0.29, 0.717) is 57.6 Å². The fourth-order valence-corrected chi connectivity index (χ4v) is 7.86. The Kier molecular flexibility index (Phi) is 10.5. The van der Waals surface area contributed by atoms with E-state index in [4.69, 9.17) is 4.98 Å². The topological polar surface area (TPSA) is 44.6 Å². The van der Waals surface area contributed by atoms with Crippen molar-refractivity contribution < 1.29 is 18.0 Å². The second-order valence-electron chi connectivity index (χ2n) is 12.3.